The number of carboxylic acids is 1. The summed E-state index contributed by atoms with van der Waals surface area (Å²) in [6, 6.07) is 1.07. The summed E-state index contributed by atoms with van der Waals surface area (Å²) in [5, 5.41) is 8.91. The fraction of sp³-hybridized carbons (Fsp3) is 0.250. The smallest absolute Gasteiger partial charge is 0.326 e. The lowest BCUT2D eigenvalue weighted by molar-refractivity contribution is -0.138. The van der Waals surface area contributed by atoms with Crippen LogP contribution >= 0.6 is 0 Å². The summed E-state index contributed by atoms with van der Waals surface area (Å²) in [5.41, 5.74) is 0.375. The fourth-order valence-corrected chi connectivity index (χ4v) is 1.53. The number of hydrogen-bond acceptors (Lipinski definition) is 4. The number of carboxylic acid groups (broad SMARTS) is 1. The number of benzene rings is 1. The molecule has 5 nitrogen and oxygen atoms in total. The third kappa shape index (κ3) is 2.44. The van der Waals surface area contributed by atoms with Gasteiger partial charge in [-0.05, 0) is 6.92 Å². The second-order valence-electron chi connectivity index (χ2n) is 4.11. The molecule has 0 amide bonds. The van der Waals surface area contributed by atoms with Gasteiger partial charge >= 0.3 is 5.97 Å². The zero-order valence-electron chi connectivity index (χ0n) is 10.3. The Labute approximate surface area is 107 Å². The van der Waals surface area contributed by atoms with Gasteiger partial charge < -0.3 is 10.0 Å². The number of anilines is 1. The van der Waals surface area contributed by atoms with Gasteiger partial charge in [0.2, 0.25) is 0 Å². The van der Waals surface area contributed by atoms with Crippen molar-refractivity contribution < 1.29 is 18.7 Å². The van der Waals surface area contributed by atoms with Gasteiger partial charge in [-0.15, -0.1) is 0 Å². The second-order valence-corrected chi connectivity index (χ2v) is 4.11. The zero-order chi connectivity index (χ0) is 14.2. The van der Waals surface area contributed by atoms with Crippen LogP contribution in [0.3, 0.4) is 0 Å². The molecular weight excluding hydrogens is 256 g/mol. The Hall–Kier alpha value is -2.31. The maximum absolute atomic E-state index is 13.1. The van der Waals surface area contributed by atoms with Gasteiger partial charge in [-0.2, -0.15) is 0 Å². The van der Waals surface area contributed by atoms with Gasteiger partial charge in [0.15, 0.2) is 11.6 Å². The number of hydrogen-bond donors (Lipinski definition) is 1. The van der Waals surface area contributed by atoms with Crippen LogP contribution in [0.1, 0.15) is 6.92 Å². The van der Waals surface area contributed by atoms with E-state index in [4.69, 9.17) is 5.11 Å². The molecule has 19 heavy (non-hydrogen) atoms. The first kappa shape index (κ1) is 13.1. The average Bonchev–Trinajstić information content (AvgIpc) is 2.37. The van der Waals surface area contributed by atoms with Gasteiger partial charge in [0.05, 0.1) is 17.2 Å². The predicted molar refractivity (Wildman–Crippen MR) is 65.0 cm³/mol. The predicted octanol–water partition coefficient (Wildman–Crippen LogP) is 1.82. The van der Waals surface area contributed by atoms with Gasteiger partial charge in [-0.3, -0.25) is 4.98 Å². The van der Waals surface area contributed by atoms with Crippen LogP contribution < -0.4 is 4.90 Å². The lowest BCUT2D eigenvalue weighted by Gasteiger charge is -2.22. The number of aliphatic carboxylic acids is 1. The van der Waals surface area contributed by atoms with E-state index in [0.29, 0.717) is 0 Å². The Balaban J connectivity index is 2.46. The highest BCUT2D eigenvalue weighted by Crippen LogP contribution is 2.19. The first-order chi connectivity index (χ1) is 8.90. The van der Waals surface area contributed by atoms with Crippen LogP contribution in [0.5, 0.6) is 0 Å². The average molecular weight is 267 g/mol. The minimum absolute atomic E-state index is 0.167. The number of rotatable bonds is 3. The van der Waals surface area contributed by atoms with E-state index in [-0.39, 0.29) is 16.9 Å². The van der Waals surface area contributed by atoms with Crippen molar-refractivity contribution in [2.24, 2.45) is 0 Å². The van der Waals surface area contributed by atoms with Crippen molar-refractivity contribution in [2.45, 2.75) is 13.0 Å². The minimum Gasteiger partial charge on any atom is -0.480 e. The third-order valence-corrected chi connectivity index (χ3v) is 2.87. The number of aromatic nitrogens is 2. The molecular formula is C12H11F2N3O2. The van der Waals surface area contributed by atoms with Crippen LogP contribution in [0, 0.1) is 11.6 Å². The monoisotopic (exact) mass is 267 g/mol. The summed E-state index contributed by atoms with van der Waals surface area (Å²) in [7, 11) is 1.54. The summed E-state index contributed by atoms with van der Waals surface area (Å²) < 4.78 is 26.1. The molecule has 0 bridgehead atoms. The highest BCUT2D eigenvalue weighted by molar-refractivity contribution is 5.79. The first-order valence-corrected chi connectivity index (χ1v) is 5.47. The molecule has 7 heteroatoms. The summed E-state index contributed by atoms with van der Waals surface area (Å²) >= 11 is 0. The molecule has 2 rings (SSSR count). The number of carbonyl (C=O) groups is 1. The molecule has 0 fully saturated rings. The van der Waals surface area contributed by atoms with Crippen molar-refractivity contribution in [1.29, 1.82) is 0 Å². The Morgan fingerprint density at radius 3 is 2.47 bits per heavy atom. The van der Waals surface area contributed by atoms with Crippen molar-refractivity contribution in [3.8, 4) is 0 Å². The summed E-state index contributed by atoms with van der Waals surface area (Å²) in [6.07, 6.45) is 1.32. The molecule has 0 aliphatic rings. The standard InChI is InChI=1S/C12H11F2N3O2/c1-6(12(18)19)17(2)11-5-15-9-3-7(13)8(14)4-10(9)16-11/h3-6H,1-2H3,(H,18,19). The van der Waals surface area contributed by atoms with Crippen LogP contribution in [0.2, 0.25) is 0 Å². The summed E-state index contributed by atoms with van der Waals surface area (Å²) in [4.78, 5) is 20.3. The highest BCUT2D eigenvalue weighted by atomic mass is 19.2. The molecule has 1 atom stereocenters. The van der Waals surface area contributed by atoms with Crippen molar-refractivity contribution in [1.82, 2.24) is 9.97 Å². The van der Waals surface area contributed by atoms with Crippen LogP contribution in [0.25, 0.3) is 11.0 Å². The molecule has 1 aromatic carbocycles. The topological polar surface area (TPSA) is 66.3 Å². The summed E-state index contributed by atoms with van der Waals surface area (Å²) in [6.45, 7) is 1.49. The van der Waals surface area contributed by atoms with Crippen molar-refractivity contribution in [2.75, 3.05) is 11.9 Å². The third-order valence-electron chi connectivity index (χ3n) is 2.87. The van der Waals surface area contributed by atoms with Crippen LogP contribution in [-0.2, 0) is 4.79 Å². The molecule has 2 aromatic rings. The zero-order valence-corrected chi connectivity index (χ0v) is 10.3. The Morgan fingerprint density at radius 1 is 1.32 bits per heavy atom. The molecule has 0 spiro atoms. The van der Waals surface area contributed by atoms with Crippen molar-refractivity contribution >= 4 is 22.8 Å². The van der Waals surface area contributed by atoms with E-state index in [0.717, 1.165) is 12.1 Å². The molecule has 1 unspecified atom stereocenters. The molecule has 1 aromatic heterocycles. The minimum atomic E-state index is -1.02. The molecule has 1 N–H and O–H groups in total. The van der Waals surface area contributed by atoms with Crippen LogP contribution in [0.15, 0.2) is 18.3 Å². The van der Waals surface area contributed by atoms with Gasteiger partial charge in [-0.25, -0.2) is 18.6 Å². The maximum Gasteiger partial charge on any atom is 0.326 e. The molecule has 0 saturated heterocycles. The Bertz CT molecular complexity index is 648. The molecule has 0 radical (unpaired) electrons. The molecule has 1 heterocycles. The Kier molecular flexibility index (Phi) is 3.28. The van der Waals surface area contributed by atoms with Crippen molar-refractivity contribution in [3.05, 3.63) is 30.0 Å². The largest absolute Gasteiger partial charge is 0.480 e. The SMILES string of the molecule is CC(C(=O)O)N(C)c1cnc2cc(F)c(F)cc2n1. The maximum atomic E-state index is 13.1. The van der Waals surface area contributed by atoms with Crippen LogP contribution in [0.4, 0.5) is 14.6 Å². The lowest BCUT2D eigenvalue weighted by Crippen LogP contribution is -2.36. The quantitative estimate of drug-likeness (QED) is 0.918. The molecule has 100 valence electrons. The molecule has 0 saturated carbocycles. The normalized spacial score (nSPS) is 12.4. The van der Waals surface area contributed by atoms with E-state index < -0.39 is 23.6 Å². The number of halogens is 2. The van der Waals surface area contributed by atoms with Crippen LogP contribution in [-0.4, -0.2) is 34.1 Å². The highest BCUT2D eigenvalue weighted by Gasteiger charge is 2.19. The summed E-state index contributed by atoms with van der Waals surface area (Å²) in [5.74, 6) is -2.77. The van der Waals surface area contributed by atoms with Gasteiger partial charge in [0.1, 0.15) is 11.9 Å². The van der Waals surface area contributed by atoms with E-state index in [1.165, 1.54) is 25.1 Å². The van der Waals surface area contributed by atoms with Crippen molar-refractivity contribution in [3.63, 3.8) is 0 Å². The van der Waals surface area contributed by atoms with E-state index in [9.17, 15) is 13.6 Å². The van der Waals surface area contributed by atoms with E-state index in [2.05, 4.69) is 9.97 Å². The Morgan fingerprint density at radius 2 is 1.89 bits per heavy atom. The van der Waals surface area contributed by atoms with E-state index in [1.807, 2.05) is 0 Å². The molecule has 0 aliphatic carbocycles. The number of likely N-dealkylation sites (N-methyl/N-ethyl adjacent to an activating group) is 1. The fourth-order valence-electron chi connectivity index (χ4n) is 1.53. The number of nitrogens with zero attached hydrogens (tertiary/aromatic N) is 3. The van der Waals surface area contributed by atoms with E-state index in [1.54, 1.807) is 0 Å². The van der Waals surface area contributed by atoms with E-state index >= 15 is 0 Å². The molecule has 0 aliphatic heterocycles. The number of fused-ring (bicyclic) bond motifs is 1. The first-order valence-electron chi connectivity index (χ1n) is 5.47. The van der Waals surface area contributed by atoms with Gasteiger partial charge in [0, 0.05) is 19.2 Å². The second kappa shape index (κ2) is 4.75. The van der Waals surface area contributed by atoms with Gasteiger partial charge in [-0.1, -0.05) is 0 Å². The lowest BCUT2D eigenvalue weighted by atomic mass is 10.2. The van der Waals surface area contributed by atoms with Gasteiger partial charge in [0.25, 0.3) is 0 Å².